The molecule has 0 N–H and O–H groups in total. The van der Waals surface area contributed by atoms with Crippen LogP contribution in [-0.4, -0.2) is 68.0 Å². The van der Waals surface area contributed by atoms with E-state index in [2.05, 4.69) is 119 Å². The zero-order valence-corrected chi connectivity index (χ0v) is 33.7. The van der Waals surface area contributed by atoms with Crippen molar-refractivity contribution in [1.82, 2.24) is 34.4 Å². The highest BCUT2D eigenvalue weighted by Crippen LogP contribution is 2.45. The second-order valence-corrected chi connectivity index (χ2v) is 21.2. The lowest BCUT2D eigenvalue weighted by atomic mass is 9.79. The van der Waals surface area contributed by atoms with Gasteiger partial charge in [0.25, 0.3) is 8.32 Å². The summed E-state index contributed by atoms with van der Waals surface area (Å²) < 4.78 is 57.0. The average Bonchev–Trinajstić information content (AvgIpc) is 3.91. The maximum atomic E-state index is 13.1. The van der Waals surface area contributed by atoms with Gasteiger partial charge in [0.15, 0.2) is 5.82 Å². The van der Waals surface area contributed by atoms with Crippen LogP contribution in [-0.2, 0) is 24.3 Å². The third kappa shape index (κ3) is 7.57. The first-order chi connectivity index (χ1) is 26.9. The van der Waals surface area contributed by atoms with E-state index < -0.39 is 20.1 Å². The first-order valence-corrected chi connectivity index (χ1v) is 21.9. The number of hydrogen-bond acceptors (Lipinski definition) is 7. The number of nitrogens with zero attached hydrogens (tertiary/aromatic N) is 7. The fourth-order valence-corrected chi connectivity index (χ4v) is 14.1. The van der Waals surface area contributed by atoms with E-state index in [4.69, 9.17) is 14.3 Å². The molecule has 296 valence electrons. The Balaban J connectivity index is 0.941. The summed E-state index contributed by atoms with van der Waals surface area (Å²) in [5.74, 6) is 1.99. The molecule has 3 unspecified atom stereocenters. The van der Waals surface area contributed by atoms with Crippen molar-refractivity contribution in [3.63, 3.8) is 0 Å². The third-order valence-electron chi connectivity index (χ3n) is 12.5. The van der Waals surface area contributed by atoms with Crippen molar-refractivity contribution in [2.45, 2.75) is 114 Å². The Labute approximate surface area is 328 Å². The highest BCUT2D eigenvalue weighted by atomic mass is 28.4. The van der Waals surface area contributed by atoms with E-state index in [1.807, 2.05) is 11.6 Å². The molecule has 3 fully saturated rings. The Bertz CT molecular complexity index is 2030. The van der Waals surface area contributed by atoms with Gasteiger partial charge in [0.05, 0.1) is 23.9 Å². The molecule has 8 rings (SSSR count). The number of ether oxygens (including phenoxy) is 1. The molecule has 1 saturated heterocycles. The van der Waals surface area contributed by atoms with Crippen LogP contribution in [0, 0.1) is 0 Å². The van der Waals surface area contributed by atoms with Gasteiger partial charge in [0.2, 0.25) is 5.88 Å². The summed E-state index contributed by atoms with van der Waals surface area (Å²) in [6, 6.07) is 24.4. The standard InChI is InChI=1S/C43H52F3N7O2Si/c1-42(2,3)56(35-12-7-5-8-13-35,36-14-9-6-10-15-36)55-38-26-34(25-37(38)52-22-11-23-52)53-28-32(27-48-53)30-16-18-31(19-17-30)41-50-49-39(51(41)4)29-54-40-24-33(20-21-47-40)43(44,45)46/h5-10,12-15,20-21,24,27-28,30-31,34,37-38H,11,16-19,22-23,25-26,29H2,1-4H3/t30-,31-,34?,37?,38?. The molecule has 3 aromatic heterocycles. The van der Waals surface area contributed by atoms with E-state index >= 15 is 0 Å². The third-order valence-corrected chi connectivity index (χ3v) is 17.6. The Morgan fingerprint density at radius 2 is 1.50 bits per heavy atom. The van der Waals surface area contributed by atoms with Gasteiger partial charge in [-0.2, -0.15) is 18.3 Å². The second-order valence-electron chi connectivity index (χ2n) is 16.9. The molecule has 56 heavy (non-hydrogen) atoms. The van der Waals surface area contributed by atoms with Gasteiger partial charge in [0.1, 0.15) is 12.4 Å². The summed E-state index contributed by atoms with van der Waals surface area (Å²) in [5, 5.41) is 16.4. The van der Waals surface area contributed by atoms with Crippen molar-refractivity contribution in [2.75, 3.05) is 13.1 Å². The van der Waals surface area contributed by atoms with E-state index in [0.29, 0.717) is 17.8 Å². The minimum Gasteiger partial charge on any atom is -0.469 e. The van der Waals surface area contributed by atoms with Gasteiger partial charge in [-0.15, -0.1) is 10.2 Å². The molecule has 13 heteroatoms. The van der Waals surface area contributed by atoms with Crippen LogP contribution in [0.15, 0.2) is 91.4 Å². The lowest BCUT2D eigenvalue weighted by Crippen LogP contribution is -2.69. The average molecular weight is 784 g/mol. The molecule has 0 bridgehead atoms. The maximum Gasteiger partial charge on any atom is 0.416 e. The van der Waals surface area contributed by atoms with E-state index in [1.165, 1.54) is 22.4 Å². The number of benzene rings is 2. The molecule has 4 heterocycles. The molecule has 0 spiro atoms. The van der Waals surface area contributed by atoms with Crippen LogP contribution in [0.2, 0.25) is 5.04 Å². The van der Waals surface area contributed by atoms with Crippen molar-refractivity contribution in [3.05, 3.63) is 114 Å². The first-order valence-electron chi connectivity index (χ1n) is 20.0. The lowest BCUT2D eigenvalue weighted by Gasteiger charge is -2.47. The molecular weight excluding hydrogens is 732 g/mol. The summed E-state index contributed by atoms with van der Waals surface area (Å²) in [6.45, 7) is 9.31. The lowest BCUT2D eigenvalue weighted by molar-refractivity contribution is -0.137. The topological polar surface area (TPSA) is 83.1 Å². The van der Waals surface area contributed by atoms with Crippen molar-refractivity contribution >= 4 is 18.7 Å². The smallest absolute Gasteiger partial charge is 0.416 e. The highest BCUT2D eigenvalue weighted by Gasteiger charge is 2.54. The van der Waals surface area contributed by atoms with Gasteiger partial charge in [-0.05, 0) is 91.0 Å². The van der Waals surface area contributed by atoms with Crippen LogP contribution in [0.5, 0.6) is 5.88 Å². The first kappa shape index (κ1) is 38.5. The molecule has 0 amide bonds. The van der Waals surface area contributed by atoms with Crippen molar-refractivity contribution < 1.29 is 22.3 Å². The molecule has 9 nitrogen and oxygen atoms in total. The van der Waals surface area contributed by atoms with Crippen LogP contribution in [0.25, 0.3) is 0 Å². The Morgan fingerprint density at radius 1 is 0.839 bits per heavy atom. The summed E-state index contributed by atoms with van der Waals surface area (Å²) in [7, 11) is -0.831. The van der Waals surface area contributed by atoms with Crippen molar-refractivity contribution in [1.29, 1.82) is 0 Å². The minimum atomic E-state index is -4.46. The monoisotopic (exact) mass is 783 g/mol. The summed E-state index contributed by atoms with van der Waals surface area (Å²) >= 11 is 0. The number of alkyl halides is 3. The van der Waals surface area contributed by atoms with E-state index in [9.17, 15) is 13.2 Å². The molecule has 2 aromatic carbocycles. The Kier molecular flexibility index (Phi) is 10.7. The van der Waals surface area contributed by atoms with Gasteiger partial charge < -0.3 is 13.7 Å². The molecule has 0 radical (unpaired) electrons. The van der Waals surface area contributed by atoms with Gasteiger partial charge in [-0.25, -0.2) is 4.98 Å². The van der Waals surface area contributed by atoms with Gasteiger partial charge in [-0.3, -0.25) is 9.58 Å². The normalized spacial score (nSPS) is 23.6. The number of likely N-dealkylation sites (tertiary alicyclic amines) is 1. The summed E-state index contributed by atoms with van der Waals surface area (Å²) in [6.07, 6.45) is 8.28. The van der Waals surface area contributed by atoms with Gasteiger partial charge >= 0.3 is 6.18 Å². The number of hydrogen-bond donors (Lipinski definition) is 0. The van der Waals surface area contributed by atoms with Gasteiger partial charge in [0, 0.05) is 37.5 Å². The number of pyridine rings is 1. The zero-order valence-electron chi connectivity index (χ0n) is 32.7. The van der Waals surface area contributed by atoms with Crippen LogP contribution >= 0.6 is 0 Å². The van der Waals surface area contributed by atoms with E-state index in [0.717, 1.165) is 75.8 Å². The molecule has 3 atom stereocenters. The Hall–Kier alpha value is -4.33. The quantitative estimate of drug-likeness (QED) is 0.127. The predicted molar refractivity (Wildman–Crippen MR) is 211 cm³/mol. The Morgan fingerprint density at radius 3 is 2.11 bits per heavy atom. The van der Waals surface area contributed by atoms with Crippen molar-refractivity contribution in [2.24, 2.45) is 7.05 Å². The molecule has 1 aliphatic heterocycles. The van der Waals surface area contributed by atoms with E-state index in [1.54, 1.807) is 0 Å². The van der Waals surface area contributed by atoms with E-state index in [-0.39, 0.29) is 35.6 Å². The maximum absolute atomic E-state index is 13.1. The van der Waals surface area contributed by atoms with Crippen molar-refractivity contribution in [3.8, 4) is 5.88 Å². The summed E-state index contributed by atoms with van der Waals surface area (Å²) in [5.41, 5.74) is 0.494. The van der Waals surface area contributed by atoms with Gasteiger partial charge in [-0.1, -0.05) is 81.4 Å². The molecule has 2 aliphatic carbocycles. The van der Waals surface area contributed by atoms with Crippen LogP contribution in [0.1, 0.15) is 106 Å². The number of rotatable bonds is 11. The fourth-order valence-electron chi connectivity index (χ4n) is 9.38. The SMILES string of the molecule is Cn1c(COc2cc(C(F)(F)F)ccn2)nnc1[C@H]1CC[C@H](c2cnn(C3CC(O[Si](c4ccccc4)(c4ccccc4)C(C)(C)C)C(N4CCC4)C3)c2)CC1. The number of aromatic nitrogens is 6. The molecule has 3 aliphatic rings. The molecule has 5 aromatic rings. The molecule has 2 saturated carbocycles. The minimum absolute atomic E-state index is 0.0179. The van der Waals surface area contributed by atoms with Crippen LogP contribution < -0.4 is 15.1 Å². The predicted octanol–water partition coefficient (Wildman–Crippen LogP) is 7.80. The summed E-state index contributed by atoms with van der Waals surface area (Å²) in [4.78, 5) is 6.57. The zero-order chi connectivity index (χ0) is 39.1. The second kappa shape index (κ2) is 15.5. The van der Waals surface area contributed by atoms with Crippen LogP contribution in [0.4, 0.5) is 13.2 Å². The largest absolute Gasteiger partial charge is 0.469 e. The molecular formula is C43H52F3N7O2Si. The highest BCUT2D eigenvalue weighted by molar-refractivity contribution is 6.99. The number of halogens is 3. The fraction of sp³-hybridized carbons (Fsp3) is 0.488. The van der Waals surface area contributed by atoms with Crippen LogP contribution in [0.3, 0.4) is 0 Å².